The summed E-state index contributed by atoms with van der Waals surface area (Å²) in [7, 11) is 0. The predicted molar refractivity (Wildman–Crippen MR) is 66.4 cm³/mol. The molecule has 0 spiro atoms. The van der Waals surface area contributed by atoms with Crippen LogP contribution < -0.4 is 0 Å². The van der Waals surface area contributed by atoms with Gasteiger partial charge in [-0.2, -0.15) is 0 Å². The molecule has 0 aliphatic heterocycles. The first-order valence-electron chi connectivity index (χ1n) is 4.40. The molecule has 66 valence electrons. The summed E-state index contributed by atoms with van der Waals surface area (Å²) in [5, 5.41) is 2.66. The van der Waals surface area contributed by atoms with Crippen molar-refractivity contribution in [1.29, 1.82) is 0 Å². The van der Waals surface area contributed by atoms with Crippen molar-refractivity contribution in [1.82, 2.24) is 0 Å². The molecule has 0 nitrogen and oxygen atoms in total. The molecule has 2 rings (SSSR count). The zero-order valence-corrected chi connectivity index (χ0v) is 9.65. The molecular weight excluding hydrogens is 271 g/mol. The first-order chi connectivity index (χ1) is 6.27. The first-order valence-corrected chi connectivity index (χ1v) is 5.65. The molecule has 2 aromatic rings. The Hall–Kier alpha value is -0.570. The van der Waals surface area contributed by atoms with Crippen LogP contribution in [0, 0.1) is 0 Å². The van der Waals surface area contributed by atoms with Crippen LogP contribution in [0.4, 0.5) is 0 Å². The van der Waals surface area contributed by atoms with E-state index in [-0.39, 0.29) is 0 Å². The van der Waals surface area contributed by atoms with Crippen LogP contribution >= 0.6 is 22.6 Å². The summed E-state index contributed by atoms with van der Waals surface area (Å²) in [6, 6.07) is 15.2. The molecule has 0 aliphatic rings. The van der Waals surface area contributed by atoms with Crippen molar-refractivity contribution < 1.29 is 0 Å². The van der Waals surface area contributed by atoms with Gasteiger partial charge in [-0.3, -0.25) is 0 Å². The van der Waals surface area contributed by atoms with Crippen LogP contribution in [-0.4, -0.2) is 0 Å². The van der Waals surface area contributed by atoms with E-state index in [2.05, 4.69) is 72.0 Å². The van der Waals surface area contributed by atoms with Crippen molar-refractivity contribution in [3.63, 3.8) is 0 Å². The number of halogens is 1. The summed E-state index contributed by atoms with van der Waals surface area (Å²) in [5.74, 6) is 0. The van der Waals surface area contributed by atoms with E-state index in [9.17, 15) is 0 Å². The fourth-order valence-electron chi connectivity index (χ4n) is 1.46. The highest BCUT2D eigenvalue weighted by atomic mass is 127. The highest BCUT2D eigenvalue weighted by Crippen LogP contribution is 2.25. The summed E-state index contributed by atoms with van der Waals surface area (Å²) < 4.78 is 0.585. The molecule has 0 bridgehead atoms. The average Bonchev–Trinajstić information content (AvgIpc) is 2.17. The number of rotatable bonds is 1. The minimum atomic E-state index is 0.585. The molecule has 0 radical (unpaired) electrons. The van der Waals surface area contributed by atoms with E-state index in [0.29, 0.717) is 3.92 Å². The second-order valence-electron chi connectivity index (χ2n) is 3.22. The Morgan fingerprint density at radius 3 is 2.38 bits per heavy atom. The van der Waals surface area contributed by atoms with E-state index in [1.54, 1.807) is 0 Å². The number of fused-ring (bicyclic) bond motifs is 1. The summed E-state index contributed by atoms with van der Waals surface area (Å²) in [6.45, 7) is 2.21. The van der Waals surface area contributed by atoms with Gasteiger partial charge in [0.05, 0.1) is 0 Å². The minimum absolute atomic E-state index is 0.585. The van der Waals surface area contributed by atoms with Crippen LogP contribution in [0.1, 0.15) is 16.4 Å². The maximum atomic E-state index is 2.44. The van der Waals surface area contributed by atoms with Gasteiger partial charge >= 0.3 is 0 Å². The maximum Gasteiger partial charge on any atom is 0.0331 e. The second kappa shape index (κ2) is 3.66. The number of hydrogen-bond acceptors (Lipinski definition) is 0. The highest BCUT2D eigenvalue weighted by molar-refractivity contribution is 14.1. The lowest BCUT2D eigenvalue weighted by molar-refractivity contribution is 1.15. The second-order valence-corrected chi connectivity index (χ2v) is 5.09. The van der Waals surface area contributed by atoms with Gasteiger partial charge in [0, 0.05) is 3.92 Å². The van der Waals surface area contributed by atoms with Gasteiger partial charge in [-0.15, -0.1) is 0 Å². The summed E-state index contributed by atoms with van der Waals surface area (Å²) >= 11 is 2.44. The molecule has 0 saturated carbocycles. The number of hydrogen-bond donors (Lipinski definition) is 0. The largest absolute Gasteiger partial charge is 0.0777 e. The van der Waals surface area contributed by atoms with Crippen molar-refractivity contribution >= 4 is 33.4 Å². The van der Waals surface area contributed by atoms with Gasteiger partial charge in [-0.25, -0.2) is 0 Å². The van der Waals surface area contributed by atoms with Gasteiger partial charge in [0.15, 0.2) is 0 Å². The van der Waals surface area contributed by atoms with Crippen molar-refractivity contribution in [2.75, 3.05) is 0 Å². The molecule has 0 fully saturated rings. The topological polar surface area (TPSA) is 0 Å². The number of alkyl halides is 1. The standard InChI is InChI=1S/C12H11I/c1-9(13)11-7-6-10-4-2-3-5-12(10)8-11/h2-9H,1H3. The van der Waals surface area contributed by atoms with Crippen LogP contribution in [0.25, 0.3) is 10.8 Å². The van der Waals surface area contributed by atoms with E-state index < -0.39 is 0 Å². The van der Waals surface area contributed by atoms with Crippen LogP contribution in [0.5, 0.6) is 0 Å². The Balaban J connectivity index is 2.62. The predicted octanol–water partition coefficient (Wildman–Crippen LogP) is 4.34. The Morgan fingerprint density at radius 2 is 1.69 bits per heavy atom. The third kappa shape index (κ3) is 1.85. The van der Waals surface area contributed by atoms with E-state index in [1.165, 1.54) is 16.3 Å². The third-order valence-corrected chi connectivity index (χ3v) is 2.95. The molecule has 0 heterocycles. The lowest BCUT2D eigenvalue weighted by Gasteiger charge is -2.04. The minimum Gasteiger partial charge on any atom is -0.0777 e. The molecule has 2 aromatic carbocycles. The molecule has 1 heteroatoms. The first kappa shape index (κ1) is 9.00. The van der Waals surface area contributed by atoms with Gasteiger partial charge in [0.1, 0.15) is 0 Å². The Morgan fingerprint density at radius 1 is 1.00 bits per heavy atom. The smallest absolute Gasteiger partial charge is 0.0331 e. The quantitative estimate of drug-likeness (QED) is 0.539. The summed E-state index contributed by atoms with van der Waals surface area (Å²) in [5.41, 5.74) is 1.40. The molecule has 0 N–H and O–H groups in total. The zero-order chi connectivity index (χ0) is 9.26. The maximum absolute atomic E-state index is 2.44. The average molecular weight is 282 g/mol. The van der Waals surface area contributed by atoms with Gasteiger partial charge in [-0.1, -0.05) is 65.1 Å². The van der Waals surface area contributed by atoms with Crippen LogP contribution in [0.15, 0.2) is 42.5 Å². The van der Waals surface area contributed by atoms with Crippen molar-refractivity contribution in [2.24, 2.45) is 0 Å². The molecule has 1 atom stereocenters. The fourth-order valence-corrected chi connectivity index (χ4v) is 1.84. The van der Waals surface area contributed by atoms with E-state index in [1.807, 2.05) is 0 Å². The SMILES string of the molecule is CC(I)c1ccc2ccccc2c1. The highest BCUT2D eigenvalue weighted by Gasteiger charge is 2.00. The van der Waals surface area contributed by atoms with Gasteiger partial charge < -0.3 is 0 Å². The summed E-state index contributed by atoms with van der Waals surface area (Å²) in [4.78, 5) is 0. The van der Waals surface area contributed by atoms with Crippen LogP contribution in [0.3, 0.4) is 0 Å². The van der Waals surface area contributed by atoms with Crippen molar-refractivity contribution in [2.45, 2.75) is 10.8 Å². The Labute approximate surface area is 92.1 Å². The molecule has 0 aliphatic carbocycles. The van der Waals surface area contributed by atoms with E-state index in [4.69, 9.17) is 0 Å². The van der Waals surface area contributed by atoms with E-state index in [0.717, 1.165) is 0 Å². The van der Waals surface area contributed by atoms with Crippen molar-refractivity contribution in [3.8, 4) is 0 Å². The number of benzene rings is 2. The van der Waals surface area contributed by atoms with E-state index >= 15 is 0 Å². The molecule has 13 heavy (non-hydrogen) atoms. The summed E-state index contributed by atoms with van der Waals surface area (Å²) in [6.07, 6.45) is 0. The monoisotopic (exact) mass is 282 g/mol. The fraction of sp³-hybridized carbons (Fsp3) is 0.167. The zero-order valence-electron chi connectivity index (χ0n) is 7.50. The normalized spacial score (nSPS) is 13.1. The molecule has 0 amide bonds. The Bertz CT molecular complexity index is 418. The van der Waals surface area contributed by atoms with Gasteiger partial charge in [-0.05, 0) is 23.3 Å². The Kier molecular flexibility index (Phi) is 2.54. The van der Waals surface area contributed by atoms with Gasteiger partial charge in [0.2, 0.25) is 0 Å². The lowest BCUT2D eigenvalue weighted by Crippen LogP contribution is -1.82. The molecule has 0 aromatic heterocycles. The third-order valence-electron chi connectivity index (χ3n) is 2.23. The van der Waals surface area contributed by atoms with Crippen LogP contribution in [-0.2, 0) is 0 Å². The molecular formula is C12H11I. The lowest BCUT2D eigenvalue weighted by atomic mass is 10.1. The van der Waals surface area contributed by atoms with Gasteiger partial charge in [0.25, 0.3) is 0 Å². The molecule has 1 unspecified atom stereocenters. The van der Waals surface area contributed by atoms with Crippen molar-refractivity contribution in [3.05, 3.63) is 48.0 Å². The molecule has 0 saturated heterocycles. The van der Waals surface area contributed by atoms with Crippen LogP contribution in [0.2, 0.25) is 0 Å².